The Balaban J connectivity index is 1.64. The van der Waals surface area contributed by atoms with Gasteiger partial charge >= 0.3 is 5.97 Å². The molecule has 2 heterocycles. The summed E-state index contributed by atoms with van der Waals surface area (Å²) in [5.74, 6) is -6.70. The van der Waals surface area contributed by atoms with Gasteiger partial charge in [0.15, 0.2) is 9.75 Å². The highest BCUT2D eigenvalue weighted by atomic mass is 35.5. The second kappa shape index (κ2) is 9.48. The third-order valence-electron chi connectivity index (χ3n) is 8.70. The topological polar surface area (TPSA) is 132 Å². The van der Waals surface area contributed by atoms with Crippen molar-refractivity contribution in [2.45, 2.75) is 47.8 Å². The highest BCUT2D eigenvalue weighted by Crippen LogP contribution is 2.66. The fourth-order valence-electron chi connectivity index (χ4n) is 6.93. The van der Waals surface area contributed by atoms with E-state index in [2.05, 4.69) is 6.58 Å². The summed E-state index contributed by atoms with van der Waals surface area (Å²) in [4.78, 5) is 63.0. The lowest BCUT2D eigenvalue weighted by atomic mass is 9.56. The molecule has 5 rings (SSSR count). The van der Waals surface area contributed by atoms with Crippen LogP contribution < -0.4 is 0 Å². The Labute approximate surface area is 235 Å². The lowest BCUT2D eigenvalue weighted by Crippen LogP contribution is -2.60. The minimum absolute atomic E-state index is 0.0293. The number of carbonyl (C=O) groups is 5. The van der Waals surface area contributed by atoms with Crippen molar-refractivity contribution in [3.05, 3.63) is 53.6 Å². The van der Waals surface area contributed by atoms with Crippen LogP contribution in [0.3, 0.4) is 0 Å². The molecule has 4 amide bonds. The van der Waals surface area contributed by atoms with E-state index in [0.717, 1.165) is 9.80 Å². The number of aliphatic carboxylic acids is 1. The van der Waals surface area contributed by atoms with Crippen LogP contribution in [0.1, 0.15) is 42.7 Å². The molecule has 6 atom stereocenters. The Kier molecular flexibility index (Phi) is 6.66. The van der Waals surface area contributed by atoms with Gasteiger partial charge in [0, 0.05) is 31.5 Å². The molecule has 39 heavy (non-hydrogen) atoms. The van der Waals surface area contributed by atoms with Gasteiger partial charge in [-0.15, -0.1) is 29.8 Å². The number of halogens is 2. The van der Waals surface area contributed by atoms with Crippen LogP contribution >= 0.6 is 23.2 Å². The molecule has 2 aliphatic carbocycles. The highest BCUT2D eigenvalue weighted by Gasteiger charge is 2.76. The van der Waals surface area contributed by atoms with Gasteiger partial charge in [0.1, 0.15) is 5.75 Å². The number of carbonyl (C=O) groups excluding carboxylic acids is 4. The van der Waals surface area contributed by atoms with E-state index in [1.807, 2.05) is 0 Å². The van der Waals surface area contributed by atoms with Gasteiger partial charge in [-0.3, -0.25) is 33.8 Å². The first kappa shape index (κ1) is 27.4. The van der Waals surface area contributed by atoms with E-state index < -0.39 is 63.0 Å². The minimum atomic E-state index is -1.98. The summed E-state index contributed by atoms with van der Waals surface area (Å²) in [5, 5.41) is 20.3. The number of alkyl halides is 2. The zero-order valence-electron chi connectivity index (χ0n) is 21.2. The van der Waals surface area contributed by atoms with Crippen LogP contribution in [-0.4, -0.2) is 73.0 Å². The number of benzene rings is 1. The molecule has 4 aliphatic rings. The Morgan fingerprint density at radius 2 is 1.87 bits per heavy atom. The quantitative estimate of drug-likeness (QED) is 0.290. The van der Waals surface area contributed by atoms with Crippen LogP contribution in [0.15, 0.2) is 42.5 Å². The molecule has 0 radical (unpaired) electrons. The van der Waals surface area contributed by atoms with E-state index in [-0.39, 0.29) is 38.0 Å². The number of fused-ring (bicyclic) bond motifs is 4. The number of amides is 4. The average Bonchev–Trinajstić information content (AvgIpc) is 3.20. The van der Waals surface area contributed by atoms with Gasteiger partial charge < -0.3 is 10.2 Å². The molecule has 1 aromatic carbocycles. The second-order valence-electron chi connectivity index (χ2n) is 10.7. The summed E-state index contributed by atoms with van der Waals surface area (Å²) in [6.45, 7) is 3.69. The molecule has 206 valence electrons. The summed E-state index contributed by atoms with van der Waals surface area (Å²) in [6.07, 6.45) is 3.72. The zero-order chi connectivity index (χ0) is 28.4. The fraction of sp³-hybridized carbons (Fsp3) is 0.464. The van der Waals surface area contributed by atoms with E-state index >= 15 is 0 Å². The molecule has 9 nitrogen and oxygen atoms in total. The van der Waals surface area contributed by atoms with Crippen molar-refractivity contribution in [2.24, 2.45) is 17.8 Å². The molecular weight excluding hydrogens is 547 g/mol. The Hall–Kier alpha value is -3.17. The predicted molar refractivity (Wildman–Crippen MR) is 141 cm³/mol. The Bertz CT molecular complexity index is 1360. The number of carboxylic acid groups (broad SMARTS) is 1. The van der Waals surface area contributed by atoms with Crippen LogP contribution in [0, 0.1) is 17.8 Å². The van der Waals surface area contributed by atoms with E-state index in [0.29, 0.717) is 23.1 Å². The zero-order valence-corrected chi connectivity index (χ0v) is 22.7. The van der Waals surface area contributed by atoms with Crippen LogP contribution in [0.25, 0.3) is 0 Å². The monoisotopic (exact) mass is 574 g/mol. The van der Waals surface area contributed by atoms with Gasteiger partial charge in [0.05, 0.1) is 11.8 Å². The number of hydrogen-bond donors (Lipinski definition) is 2. The molecule has 0 aromatic heterocycles. The number of allylic oxidation sites excluding steroid dienone is 3. The number of nitrogens with zero attached hydrogens (tertiary/aromatic N) is 2. The maximum atomic E-state index is 13.6. The summed E-state index contributed by atoms with van der Waals surface area (Å²) in [7, 11) is 1.30. The molecular formula is C28H28Cl2N2O7. The normalized spacial score (nSPS) is 33.6. The number of likely N-dealkylation sites (tertiary alicyclic amines) is 2. The Morgan fingerprint density at radius 3 is 2.54 bits per heavy atom. The molecule has 11 heteroatoms. The number of imide groups is 2. The molecule has 0 spiro atoms. The number of phenolic OH excluding ortho intramolecular Hbond substituents is 1. The predicted octanol–water partition coefficient (Wildman–Crippen LogP) is 2.97. The van der Waals surface area contributed by atoms with E-state index in [4.69, 9.17) is 28.3 Å². The van der Waals surface area contributed by atoms with Crippen LogP contribution in [0.2, 0.25) is 0 Å². The van der Waals surface area contributed by atoms with Crippen molar-refractivity contribution in [1.29, 1.82) is 0 Å². The van der Waals surface area contributed by atoms with Gasteiger partial charge in [0.2, 0.25) is 11.8 Å². The molecule has 2 N–H and O–H groups in total. The molecule has 1 saturated carbocycles. The van der Waals surface area contributed by atoms with Crippen LogP contribution in [0.5, 0.6) is 5.75 Å². The van der Waals surface area contributed by atoms with E-state index in [1.165, 1.54) is 7.05 Å². The largest absolute Gasteiger partial charge is 0.507 e. The first-order valence-corrected chi connectivity index (χ1v) is 13.5. The maximum Gasteiger partial charge on any atom is 0.303 e. The fourth-order valence-corrected chi connectivity index (χ4v) is 7.94. The Morgan fingerprint density at radius 1 is 1.15 bits per heavy atom. The highest BCUT2D eigenvalue weighted by molar-refractivity contribution is 6.53. The van der Waals surface area contributed by atoms with Gasteiger partial charge in [-0.05, 0) is 37.2 Å². The average molecular weight is 575 g/mol. The van der Waals surface area contributed by atoms with Crippen molar-refractivity contribution in [3.63, 3.8) is 0 Å². The lowest BCUT2D eigenvalue weighted by molar-refractivity contribution is -0.142. The summed E-state index contributed by atoms with van der Waals surface area (Å²) < 4.78 is 0. The summed E-state index contributed by atoms with van der Waals surface area (Å²) >= 11 is 14.2. The maximum absolute atomic E-state index is 13.6. The van der Waals surface area contributed by atoms with E-state index in [9.17, 15) is 29.1 Å². The third-order valence-corrected chi connectivity index (χ3v) is 10.1. The molecule has 6 unspecified atom stereocenters. The number of phenols is 1. The van der Waals surface area contributed by atoms with Gasteiger partial charge in [-0.1, -0.05) is 35.9 Å². The van der Waals surface area contributed by atoms with Gasteiger partial charge in [-0.25, -0.2) is 0 Å². The molecule has 0 bridgehead atoms. The van der Waals surface area contributed by atoms with Crippen LogP contribution in [-0.2, 0) is 30.4 Å². The first-order chi connectivity index (χ1) is 18.4. The smallest absolute Gasteiger partial charge is 0.303 e. The molecule has 3 fully saturated rings. The van der Waals surface area contributed by atoms with Crippen molar-refractivity contribution >= 4 is 52.8 Å². The van der Waals surface area contributed by atoms with E-state index in [1.54, 1.807) is 30.4 Å². The van der Waals surface area contributed by atoms with Crippen molar-refractivity contribution in [2.75, 3.05) is 13.6 Å². The minimum Gasteiger partial charge on any atom is -0.507 e. The second-order valence-corrected chi connectivity index (χ2v) is 11.9. The molecule has 2 saturated heterocycles. The number of aromatic hydroxyl groups is 1. The number of hydrogen-bond acceptors (Lipinski definition) is 6. The third kappa shape index (κ3) is 3.69. The van der Waals surface area contributed by atoms with Crippen LogP contribution in [0.4, 0.5) is 0 Å². The number of para-hydroxylation sites is 1. The SMILES string of the molecule is C=CCc1cccc(C2C3=CCC4C(=O)N(CCCC(=O)O)C(=O)C4C3CC3(Cl)C(=O)N(C)C(=O)C23Cl)c1O. The number of rotatable bonds is 7. The van der Waals surface area contributed by atoms with Crippen molar-refractivity contribution < 1.29 is 34.2 Å². The van der Waals surface area contributed by atoms with Crippen molar-refractivity contribution in [1.82, 2.24) is 9.80 Å². The van der Waals surface area contributed by atoms with Gasteiger partial charge in [0.25, 0.3) is 11.8 Å². The molecule has 2 aliphatic heterocycles. The first-order valence-electron chi connectivity index (χ1n) is 12.8. The standard InChI is InChI=1S/C28H28Cl2N2O7/c1-3-6-14-7-4-8-17(22(14)35)21-15-10-11-16-20(24(37)32(23(16)36)12-5-9-19(33)34)18(15)13-27(29)25(38)31(2)26(39)28(21,27)30/h3-4,7-8,10,16,18,20-21,35H,1,5-6,9,11-13H2,2H3,(H,33,34). The lowest BCUT2D eigenvalue weighted by Gasteiger charge is -2.50. The molecule has 1 aromatic rings. The summed E-state index contributed by atoms with van der Waals surface area (Å²) in [5.41, 5.74) is 1.43. The number of carboxylic acids is 1. The van der Waals surface area contributed by atoms with Gasteiger partial charge in [-0.2, -0.15) is 0 Å². The summed E-state index contributed by atoms with van der Waals surface area (Å²) in [6, 6.07) is 5.04. The van der Waals surface area contributed by atoms with Crippen molar-refractivity contribution in [3.8, 4) is 5.75 Å².